The molecule has 2 aromatic heterocycles. The summed E-state index contributed by atoms with van der Waals surface area (Å²) in [5.74, 6) is 0.195. The molecule has 2 saturated heterocycles. The highest BCUT2D eigenvalue weighted by atomic mass is 32.1. The molecule has 5 nitrogen and oxygen atoms in total. The van der Waals surface area contributed by atoms with E-state index in [0.29, 0.717) is 32.3 Å². The van der Waals surface area contributed by atoms with E-state index >= 15 is 0 Å². The maximum Gasteiger partial charge on any atom is 0.257 e. The van der Waals surface area contributed by atoms with E-state index < -0.39 is 5.60 Å². The zero-order valence-electron chi connectivity index (χ0n) is 15.4. The molecule has 4 heterocycles. The minimum absolute atomic E-state index is 0.0459. The van der Waals surface area contributed by atoms with Gasteiger partial charge in [0.05, 0.1) is 6.61 Å². The highest BCUT2D eigenvalue weighted by Gasteiger charge is 2.58. The van der Waals surface area contributed by atoms with Crippen LogP contribution in [0.25, 0.3) is 0 Å². The second-order valence-corrected chi connectivity index (χ2v) is 8.73. The minimum Gasteiger partial charge on any atom is -0.361 e. The third kappa shape index (κ3) is 3.00. The molecule has 1 saturated carbocycles. The highest BCUT2D eigenvalue weighted by Crippen LogP contribution is 2.44. The molecule has 0 aromatic carbocycles. The third-order valence-electron chi connectivity index (χ3n) is 6.42. The van der Waals surface area contributed by atoms with Crippen LogP contribution < -0.4 is 0 Å². The van der Waals surface area contributed by atoms with Gasteiger partial charge >= 0.3 is 0 Å². The van der Waals surface area contributed by atoms with Gasteiger partial charge in [0.25, 0.3) is 5.91 Å². The number of morpholine rings is 1. The van der Waals surface area contributed by atoms with Crippen LogP contribution in [-0.4, -0.2) is 58.6 Å². The number of aromatic nitrogens is 1. The average molecular weight is 384 g/mol. The van der Waals surface area contributed by atoms with Crippen molar-refractivity contribution in [1.82, 2.24) is 14.8 Å². The zero-order valence-corrected chi connectivity index (χ0v) is 16.2. The number of thiophene rings is 1. The van der Waals surface area contributed by atoms with Crippen LogP contribution in [0.5, 0.6) is 0 Å². The van der Waals surface area contributed by atoms with Crippen LogP contribution in [0.4, 0.5) is 0 Å². The summed E-state index contributed by atoms with van der Waals surface area (Å²) in [5.41, 5.74) is 1.55. The first-order valence-corrected chi connectivity index (χ1v) is 10.8. The van der Waals surface area contributed by atoms with Gasteiger partial charge in [0.15, 0.2) is 5.60 Å². The number of nitrogens with zero attached hydrogens (tertiary/aromatic N) is 3. The van der Waals surface area contributed by atoms with Crippen molar-refractivity contribution in [2.45, 2.75) is 43.4 Å². The summed E-state index contributed by atoms with van der Waals surface area (Å²) in [5, 5.41) is 4.20. The maximum atomic E-state index is 13.7. The molecule has 1 aliphatic carbocycles. The summed E-state index contributed by atoms with van der Waals surface area (Å²) in [7, 11) is 0. The molecule has 0 radical (unpaired) electrons. The Hall–Kier alpha value is -1.76. The number of carbonyl (C=O) groups is 1. The summed E-state index contributed by atoms with van der Waals surface area (Å²) >= 11 is 1.68. The summed E-state index contributed by atoms with van der Waals surface area (Å²) in [6, 6.07) is 6.77. The van der Waals surface area contributed by atoms with Gasteiger partial charge in [0, 0.05) is 50.5 Å². The normalized spacial score (nSPS) is 29.4. The lowest BCUT2D eigenvalue weighted by molar-refractivity contribution is -0.173. The lowest BCUT2D eigenvalue weighted by Crippen LogP contribution is -2.60. The summed E-state index contributed by atoms with van der Waals surface area (Å²) < 4.78 is 6.35. The Balaban J connectivity index is 1.47. The molecule has 5 rings (SSSR count). The summed E-state index contributed by atoms with van der Waals surface area (Å²) in [6.07, 6.45) is 7.47. The molecule has 6 heteroatoms. The van der Waals surface area contributed by atoms with E-state index in [0.717, 1.165) is 12.1 Å². The van der Waals surface area contributed by atoms with E-state index in [2.05, 4.69) is 32.8 Å². The van der Waals surface area contributed by atoms with E-state index in [9.17, 15) is 4.79 Å². The van der Waals surface area contributed by atoms with E-state index in [4.69, 9.17) is 4.74 Å². The number of pyridine rings is 1. The second kappa shape index (κ2) is 7.00. The molecule has 2 aliphatic heterocycles. The lowest BCUT2D eigenvalue weighted by Gasteiger charge is -2.43. The van der Waals surface area contributed by atoms with Crippen LogP contribution in [0.15, 0.2) is 41.4 Å². The van der Waals surface area contributed by atoms with Crippen LogP contribution in [0.3, 0.4) is 0 Å². The minimum atomic E-state index is -0.771. The number of ether oxygens (including phenoxy) is 1. The van der Waals surface area contributed by atoms with Crippen molar-refractivity contribution >= 4 is 17.2 Å². The van der Waals surface area contributed by atoms with Crippen molar-refractivity contribution in [1.29, 1.82) is 0 Å². The molecule has 0 N–H and O–H groups in total. The quantitative estimate of drug-likeness (QED) is 0.814. The molecule has 142 valence electrons. The first kappa shape index (κ1) is 17.3. The van der Waals surface area contributed by atoms with Gasteiger partial charge in [-0.15, -0.1) is 0 Å². The lowest BCUT2D eigenvalue weighted by atomic mass is 9.83. The zero-order chi connectivity index (χ0) is 18.3. The molecule has 2 atom stereocenters. The van der Waals surface area contributed by atoms with Gasteiger partial charge in [0.1, 0.15) is 0 Å². The fourth-order valence-corrected chi connectivity index (χ4v) is 5.39. The summed E-state index contributed by atoms with van der Waals surface area (Å²) in [4.78, 5) is 22.5. The number of amides is 1. The third-order valence-corrected chi connectivity index (χ3v) is 7.15. The van der Waals surface area contributed by atoms with Crippen molar-refractivity contribution in [2.75, 3.05) is 26.2 Å². The maximum absolute atomic E-state index is 13.7. The fourth-order valence-electron chi connectivity index (χ4n) is 4.73. The van der Waals surface area contributed by atoms with E-state index in [1.807, 2.05) is 17.2 Å². The Labute approximate surface area is 164 Å². The largest absolute Gasteiger partial charge is 0.361 e. The Kier molecular flexibility index (Phi) is 4.50. The van der Waals surface area contributed by atoms with Gasteiger partial charge < -0.3 is 9.64 Å². The van der Waals surface area contributed by atoms with Crippen molar-refractivity contribution in [3.8, 4) is 0 Å². The molecule has 3 aliphatic rings. The fraction of sp³-hybridized carbons (Fsp3) is 0.524. The smallest absolute Gasteiger partial charge is 0.257 e. The van der Waals surface area contributed by atoms with Crippen molar-refractivity contribution in [3.05, 3.63) is 52.5 Å². The number of rotatable bonds is 4. The molecule has 0 bridgehead atoms. The molecular formula is C21H25N3O2S. The Bertz CT molecular complexity index is 793. The first-order valence-electron chi connectivity index (χ1n) is 9.85. The number of likely N-dealkylation sites (tertiary alicyclic amines) is 1. The number of carbonyl (C=O) groups excluding carboxylic acids is 1. The van der Waals surface area contributed by atoms with Gasteiger partial charge in [-0.25, -0.2) is 0 Å². The number of hydrogen-bond acceptors (Lipinski definition) is 5. The van der Waals surface area contributed by atoms with Crippen molar-refractivity contribution in [2.24, 2.45) is 0 Å². The van der Waals surface area contributed by atoms with Crippen molar-refractivity contribution in [3.63, 3.8) is 0 Å². The molecule has 2 aromatic rings. The van der Waals surface area contributed by atoms with E-state index in [-0.39, 0.29) is 11.8 Å². The van der Waals surface area contributed by atoms with E-state index in [1.54, 1.807) is 17.5 Å². The predicted molar refractivity (Wildman–Crippen MR) is 105 cm³/mol. The predicted octanol–water partition coefficient (Wildman–Crippen LogP) is 2.89. The van der Waals surface area contributed by atoms with Crippen LogP contribution in [0.1, 0.15) is 36.3 Å². The van der Waals surface area contributed by atoms with E-state index in [1.165, 1.54) is 24.8 Å². The van der Waals surface area contributed by atoms with Crippen LogP contribution >= 0.6 is 11.3 Å². The van der Waals surface area contributed by atoms with Gasteiger partial charge in [-0.3, -0.25) is 14.7 Å². The monoisotopic (exact) mass is 383 g/mol. The summed E-state index contributed by atoms with van der Waals surface area (Å²) in [6.45, 7) is 3.53. The standard InChI is InChI=1S/C21H25N3O2S/c25-20-21(26-9-8-23(20)12-16-6-10-27-14-16)15-24(18-4-1-5-18)13-19(21)17-3-2-7-22-11-17/h2-3,6-7,10-11,14,18-19H,1,4-5,8-9,12-13,15H2. The van der Waals surface area contributed by atoms with Crippen LogP contribution in [-0.2, 0) is 16.1 Å². The topological polar surface area (TPSA) is 45.7 Å². The van der Waals surface area contributed by atoms with Gasteiger partial charge in [0.2, 0.25) is 0 Å². The molecule has 3 fully saturated rings. The Morgan fingerprint density at radius 1 is 1.33 bits per heavy atom. The molecular weight excluding hydrogens is 358 g/mol. The Morgan fingerprint density at radius 3 is 2.96 bits per heavy atom. The second-order valence-electron chi connectivity index (χ2n) is 7.95. The molecule has 1 spiro atoms. The van der Waals surface area contributed by atoms with Gasteiger partial charge in [-0.05, 0) is 46.9 Å². The molecule has 2 unspecified atom stereocenters. The van der Waals surface area contributed by atoms with Crippen molar-refractivity contribution < 1.29 is 9.53 Å². The SMILES string of the molecule is O=C1N(Cc2ccsc2)CCOC12CN(C1CCC1)CC2c1cccnc1. The number of hydrogen-bond donors (Lipinski definition) is 0. The molecule has 27 heavy (non-hydrogen) atoms. The average Bonchev–Trinajstić information content (AvgIpc) is 3.27. The van der Waals surface area contributed by atoms with Gasteiger partial charge in [-0.1, -0.05) is 12.5 Å². The molecule has 1 amide bonds. The van der Waals surface area contributed by atoms with Gasteiger partial charge in [-0.2, -0.15) is 11.3 Å². The van der Waals surface area contributed by atoms with Crippen LogP contribution in [0.2, 0.25) is 0 Å². The first-order chi connectivity index (χ1) is 13.3. The highest BCUT2D eigenvalue weighted by molar-refractivity contribution is 7.07. The Morgan fingerprint density at radius 2 is 2.26 bits per heavy atom. The van der Waals surface area contributed by atoms with Crippen LogP contribution in [0, 0.1) is 0 Å².